The van der Waals surface area contributed by atoms with Gasteiger partial charge in [-0.05, 0) is 33.8 Å². The molecule has 0 N–H and O–H groups in total. The van der Waals surface area contributed by atoms with Crippen LogP contribution in [0.25, 0.3) is 0 Å². The van der Waals surface area contributed by atoms with Gasteiger partial charge in [-0.3, -0.25) is 0 Å². The van der Waals surface area contributed by atoms with Gasteiger partial charge >= 0.3 is 12.1 Å². The number of carbonyl (C=O) groups excluding carboxylic acids is 2. The van der Waals surface area contributed by atoms with E-state index in [0.717, 1.165) is 6.08 Å². The molecular weight excluding hydrogens is 303 g/mol. The van der Waals surface area contributed by atoms with Gasteiger partial charge < -0.3 is 14.4 Å². The number of alkyl halides is 1. The van der Waals surface area contributed by atoms with Crippen molar-refractivity contribution in [1.82, 2.24) is 4.90 Å². The molecule has 1 fully saturated rings. The van der Waals surface area contributed by atoms with Gasteiger partial charge in [0.2, 0.25) is 0 Å². The van der Waals surface area contributed by atoms with Gasteiger partial charge in [-0.1, -0.05) is 0 Å². The molecule has 0 atom stereocenters. The topological polar surface area (TPSA) is 79.6 Å². The molecule has 0 aromatic rings. The summed E-state index contributed by atoms with van der Waals surface area (Å²) >= 11 is 0. The molecule has 1 heterocycles. The summed E-state index contributed by atoms with van der Waals surface area (Å²) in [7, 11) is 0. The predicted molar refractivity (Wildman–Crippen MR) is 81.2 cm³/mol. The Morgan fingerprint density at radius 3 is 2.35 bits per heavy atom. The van der Waals surface area contributed by atoms with E-state index in [1.54, 1.807) is 33.8 Å². The molecule has 0 spiro atoms. The van der Waals surface area contributed by atoms with E-state index >= 15 is 0 Å². The van der Waals surface area contributed by atoms with Gasteiger partial charge in [0.05, 0.1) is 6.61 Å². The first-order valence-electron chi connectivity index (χ1n) is 7.57. The van der Waals surface area contributed by atoms with E-state index in [2.05, 4.69) is 0 Å². The second kappa shape index (κ2) is 7.44. The Morgan fingerprint density at radius 2 is 1.91 bits per heavy atom. The monoisotopic (exact) mass is 326 g/mol. The molecule has 1 saturated heterocycles. The Kier molecular flexibility index (Phi) is 6.13. The second-order valence-corrected chi connectivity index (χ2v) is 6.39. The van der Waals surface area contributed by atoms with Crippen molar-refractivity contribution < 1.29 is 23.5 Å². The van der Waals surface area contributed by atoms with Crippen molar-refractivity contribution in [3.05, 3.63) is 11.6 Å². The van der Waals surface area contributed by atoms with Crippen LogP contribution >= 0.6 is 0 Å². The number of amides is 1. The largest absolute Gasteiger partial charge is 0.462 e. The van der Waals surface area contributed by atoms with Crippen LogP contribution in [0.15, 0.2) is 11.6 Å². The molecule has 1 rings (SSSR count). The number of ether oxygens (including phenoxy) is 2. The molecule has 23 heavy (non-hydrogen) atoms. The van der Waals surface area contributed by atoms with E-state index in [0.29, 0.717) is 0 Å². The fraction of sp³-hybridized carbons (Fsp3) is 0.688. The summed E-state index contributed by atoms with van der Waals surface area (Å²) in [5.41, 5.74) is -2.77. The van der Waals surface area contributed by atoms with E-state index in [-0.39, 0.29) is 38.1 Å². The van der Waals surface area contributed by atoms with Crippen molar-refractivity contribution in [2.45, 2.75) is 51.8 Å². The molecule has 0 bridgehead atoms. The van der Waals surface area contributed by atoms with E-state index in [1.165, 1.54) is 4.90 Å². The minimum absolute atomic E-state index is 0.00315. The van der Waals surface area contributed by atoms with Gasteiger partial charge in [-0.2, -0.15) is 5.26 Å². The summed E-state index contributed by atoms with van der Waals surface area (Å²) in [6.45, 7) is 7.31. The lowest BCUT2D eigenvalue weighted by atomic mass is 9.91. The molecule has 1 aliphatic rings. The lowest BCUT2D eigenvalue weighted by molar-refractivity contribution is -0.138. The molecule has 0 radical (unpaired) electrons. The molecule has 7 heteroatoms. The van der Waals surface area contributed by atoms with Crippen molar-refractivity contribution in [2.24, 2.45) is 0 Å². The minimum atomic E-state index is -1.81. The molecule has 128 valence electrons. The second-order valence-electron chi connectivity index (χ2n) is 6.39. The summed E-state index contributed by atoms with van der Waals surface area (Å²) in [6.07, 6.45) is 0.514. The van der Waals surface area contributed by atoms with Gasteiger partial charge in [0, 0.05) is 25.9 Å². The number of rotatable bonds is 3. The normalized spacial score (nSPS) is 18.1. The zero-order chi connectivity index (χ0) is 17.7. The highest BCUT2D eigenvalue weighted by Gasteiger charge is 2.36. The van der Waals surface area contributed by atoms with Crippen molar-refractivity contribution in [2.75, 3.05) is 19.7 Å². The number of carbonyl (C=O) groups is 2. The maximum absolute atomic E-state index is 14.8. The first kappa shape index (κ1) is 18.9. The lowest BCUT2D eigenvalue weighted by Gasteiger charge is -2.35. The Bertz CT molecular complexity index is 523. The van der Waals surface area contributed by atoms with Crippen molar-refractivity contribution >= 4 is 12.1 Å². The Balaban J connectivity index is 2.71. The molecule has 1 aliphatic heterocycles. The SMILES string of the molecule is CCOC(=O)/C(C#N)=C/C1(F)CCN(C(=O)OC(C)(C)C)CC1. The summed E-state index contributed by atoms with van der Waals surface area (Å²) in [6, 6.07) is 1.67. The minimum Gasteiger partial charge on any atom is -0.462 e. The van der Waals surface area contributed by atoms with Crippen LogP contribution in [0, 0.1) is 11.3 Å². The molecule has 0 unspecified atom stereocenters. The number of likely N-dealkylation sites (tertiary alicyclic amines) is 1. The lowest BCUT2D eigenvalue weighted by Crippen LogP contribution is -2.46. The highest BCUT2D eigenvalue weighted by Crippen LogP contribution is 2.30. The number of allylic oxidation sites excluding steroid dienone is 1. The van der Waals surface area contributed by atoms with Crippen LogP contribution in [-0.2, 0) is 14.3 Å². The molecule has 6 nitrogen and oxygen atoms in total. The number of nitrogens with zero attached hydrogens (tertiary/aromatic N) is 2. The van der Waals surface area contributed by atoms with Crippen molar-refractivity contribution in [3.8, 4) is 6.07 Å². The predicted octanol–water partition coefficient (Wildman–Crippen LogP) is 2.74. The van der Waals surface area contributed by atoms with Crippen LogP contribution in [0.1, 0.15) is 40.5 Å². The summed E-state index contributed by atoms with van der Waals surface area (Å²) in [4.78, 5) is 24.9. The molecular formula is C16H23FN2O4. The summed E-state index contributed by atoms with van der Waals surface area (Å²) < 4.78 is 24.7. The number of piperidine rings is 1. The number of hydrogen-bond donors (Lipinski definition) is 0. The third kappa shape index (κ3) is 5.89. The van der Waals surface area contributed by atoms with Gasteiger partial charge in [0.1, 0.15) is 22.9 Å². The maximum Gasteiger partial charge on any atom is 0.410 e. The molecule has 0 aromatic heterocycles. The quantitative estimate of drug-likeness (QED) is 0.452. The fourth-order valence-electron chi connectivity index (χ4n) is 2.14. The van der Waals surface area contributed by atoms with Crippen LogP contribution in [0.5, 0.6) is 0 Å². The Labute approximate surface area is 135 Å². The van der Waals surface area contributed by atoms with Gasteiger partial charge in [0.15, 0.2) is 0 Å². The molecule has 0 saturated carbocycles. The fourth-order valence-corrected chi connectivity index (χ4v) is 2.14. The van der Waals surface area contributed by atoms with Crippen LogP contribution in [0.2, 0.25) is 0 Å². The van der Waals surface area contributed by atoms with E-state index in [9.17, 15) is 14.0 Å². The third-order valence-electron chi connectivity index (χ3n) is 3.27. The van der Waals surface area contributed by atoms with Crippen LogP contribution in [-0.4, -0.2) is 47.9 Å². The van der Waals surface area contributed by atoms with Gasteiger partial charge in [-0.25, -0.2) is 14.0 Å². The average molecular weight is 326 g/mol. The van der Waals surface area contributed by atoms with Crippen LogP contribution in [0.3, 0.4) is 0 Å². The maximum atomic E-state index is 14.8. The Morgan fingerprint density at radius 1 is 1.35 bits per heavy atom. The van der Waals surface area contributed by atoms with Crippen molar-refractivity contribution in [1.29, 1.82) is 5.26 Å². The molecule has 0 aliphatic carbocycles. The number of hydrogen-bond acceptors (Lipinski definition) is 5. The summed E-state index contributed by atoms with van der Waals surface area (Å²) in [5, 5.41) is 8.97. The van der Waals surface area contributed by atoms with Crippen LogP contribution in [0.4, 0.5) is 9.18 Å². The smallest absolute Gasteiger partial charge is 0.410 e. The zero-order valence-electron chi connectivity index (χ0n) is 14.0. The standard InChI is InChI=1S/C16H23FN2O4/c1-5-22-13(20)12(11-18)10-16(17)6-8-19(9-7-16)14(21)23-15(2,3)4/h10H,5-9H2,1-4H3/b12-10+. The van der Waals surface area contributed by atoms with E-state index in [1.807, 2.05) is 0 Å². The van der Waals surface area contributed by atoms with Gasteiger partial charge in [-0.15, -0.1) is 0 Å². The first-order valence-corrected chi connectivity index (χ1v) is 7.57. The molecule has 0 aromatic carbocycles. The zero-order valence-corrected chi connectivity index (χ0v) is 14.0. The first-order chi connectivity index (χ1) is 10.6. The Hall–Kier alpha value is -2.10. The highest BCUT2D eigenvalue weighted by molar-refractivity contribution is 5.92. The summed E-state index contributed by atoms with van der Waals surface area (Å²) in [5.74, 6) is -0.832. The van der Waals surface area contributed by atoms with Gasteiger partial charge in [0.25, 0.3) is 0 Å². The van der Waals surface area contributed by atoms with E-state index < -0.39 is 23.3 Å². The average Bonchev–Trinajstić information content (AvgIpc) is 2.44. The van der Waals surface area contributed by atoms with Crippen molar-refractivity contribution in [3.63, 3.8) is 0 Å². The molecule has 1 amide bonds. The number of halogens is 1. The highest BCUT2D eigenvalue weighted by atomic mass is 19.1. The number of nitriles is 1. The number of esters is 1. The third-order valence-corrected chi connectivity index (χ3v) is 3.27. The van der Waals surface area contributed by atoms with E-state index in [4.69, 9.17) is 14.7 Å². The van der Waals surface area contributed by atoms with Crippen LogP contribution < -0.4 is 0 Å².